The zero-order valence-corrected chi connectivity index (χ0v) is 10.5. The molecule has 0 atom stereocenters. The van der Waals surface area contributed by atoms with E-state index in [9.17, 15) is 0 Å². The molecular weight excluding hydrogens is 260 g/mol. The molecule has 19 heavy (non-hydrogen) atoms. The maximum atomic E-state index is 5.86. The fourth-order valence-corrected chi connectivity index (χ4v) is 2.94. The molecule has 0 amide bonds. The summed E-state index contributed by atoms with van der Waals surface area (Å²) < 4.78 is 5.86. The molecule has 2 aromatic carbocycles. The van der Waals surface area contributed by atoms with E-state index in [1.165, 1.54) is 0 Å². The maximum Gasteiger partial charge on any atom is 0.204 e. The van der Waals surface area contributed by atoms with Crippen LogP contribution in [-0.4, -0.2) is 20.6 Å². The number of aromatic nitrogens is 4. The Morgan fingerprint density at radius 1 is 1.00 bits per heavy atom. The molecule has 1 aliphatic heterocycles. The highest BCUT2D eigenvalue weighted by atomic mass is 32.2. The Bertz CT molecular complexity index is 742. The van der Waals surface area contributed by atoms with E-state index in [0.29, 0.717) is 5.82 Å². The Hall–Kier alpha value is -2.34. The lowest BCUT2D eigenvalue weighted by Crippen LogP contribution is -1.95. The van der Waals surface area contributed by atoms with Crippen LogP contribution in [-0.2, 0) is 0 Å². The minimum atomic E-state index is 0.585. The number of hydrogen-bond acceptors (Lipinski definition) is 5. The summed E-state index contributed by atoms with van der Waals surface area (Å²) >= 11 is 1.68. The number of nitrogens with one attached hydrogen (secondary N) is 1. The van der Waals surface area contributed by atoms with Gasteiger partial charge in [0.15, 0.2) is 0 Å². The lowest BCUT2D eigenvalue weighted by Gasteiger charge is -2.19. The monoisotopic (exact) mass is 268 g/mol. The average molecular weight is 268 g/mol. The van der Waals surface area contributed by atoms with E-state index in [0.717, 1.165) is 26.9 Å². The predicted octanol–water partition coefficient (Wildman–Crippen LogP) is 3.12. The van der Waals surface area contributed by atoms with Gasteiger partial charge in [0.1, 0.15) is 11.5 Å². The number of tetrazole rings is 1. The molecule has 0 fully saturated rings. The normalized spacial score (nSPS) is 12.4. The fraction of sp³-hybridized carbons (Fsp3) is 0. The highest BCUT2D eigenvalue weighted by Gasteiger charge is 2.18. The van der Waals surface area contributed by atoms with Gasteiger partial charge in [-0.15, -0.1) is 10.2 Å². The van der Waals surface area contributed by atoms with Crippen LogP contribution in [0.1, 0.15) is 0 Å². The fourth-order valence-electron chi connectivity index (χ4n) is 1.95. The van der Waals surface area contributed by atoms with Crippen molar-refractivity contribution < 1.29 is 4.74 Å². The third kappa shape index (κ3) is 1.77. The molecule has 6 heteroatoms. The number of fused-ring (bicyclic) bond motifs is 2. The van der Waals surface area contributed by atoms with Crippen molar-refractivity contribution in [2.75, 3.05) is 0 Å². The number of hydrogen-bond donors (Lipinski definition) is 1. The Kier molecular flexibility index (Phi) is 2.28. The van der Waals surface area contributed by atoms with Gasteiger partial charge >= 0.3 is 0 Å². The van der Waals surface area contributed by atoms with Crippen molar-refractivity contribution in [2.45, 2.75) is 9.79 Å². The minimum absolute atomic E-state index is 0.585. The number of aromatic amines is 1. The summed E-state index contributed by atoms with van der Waals surface area (Å²) in [4.78, 5) is 2.17. The van der Waals surface area contributed by atoms with Crippen LogP contribution in [0.2, 0.25) is 0 Å². The summed E-state index contributed by atoms with van der Waals surface area (Å²) in [5.74, 6) is 2.34. The van der Waals surface area contributed by atoms with Gasteiger partial charge in [-0.05, 0) is 35.5 Å². The molecule has 0 spiro atoms. The van der Waals surface area contributed by atoms with E-state index in [4.69, 9.17) is 4.74 Å². The van der Waals surface area contributed by atoms with E-state index in [2.05, 4.69) is 20.6 Å². The van der Waals surface area contributed by atoms with Gasteiger partial charge in [0.05, 0.1) is 9.79 Å². The highest BCUT2D eigenvalue weighted by molar-refractivity contribution is 7.99. The summed E-state index contributed by atoms with van der Waals surface area (Å²) in [6.45, 7) is 0. The van der Waals surface area contributed by atoms with Crippen LogP contribution < -0.4 is 4.74 Å². The van der Waals surface area contributed by atoms with Crippen LogP contribution in [0.25, 0.3) is 11.4 Å². The third-order valence-electron chi connectivity index (χ3n) is 2.84. The van der Waals surface area contributed by atoms with E-state index < -0.39 is 0 Å². The Balaban J connectivity index is 1.78. The molecule has 0 saturated carbocycles. The van der Waals surface area contributed by atoms with Crippen molar-refractivity contribution in [2.24, 2.45) is 0 Å². The first-order valence-corrected chi connectivity index (χ1v) is 6.54. The van der Waals surface area contributed by atoms with Gasteiger partial charge in [-0.3, -0.25) is 0 Å². The molecule has 0 saturated heterocycles. The molecule has 0 unspecified atom stereocenters. The lowest BCUT2D eigenvalue weighted by molar-refractivity contribution is 0.454. The summed E-state index contributed by atoms with van der Waals surface area (Å²) in [5, 5.41) is 14.0. The maximum absolute atomic E-state index is 5.86. The van der Waals surface area contributed by atoms with Gasteiger partial charge in [-0.1, -0.05) is 23.9 Å². The second-order valence-corrected chi connectivity index (χ2v) is 5.13. The van der Waals surface area contributed by atoms with Gasteiger partial charge < -0.3 is 4.74 Å². The van der Waals surface area contributed by atoms with Crippen LogP contribution in [0.3, 0.4) is 0 Å². The second kappa shape index (κ2) is 4.10. The number of rotatable bonds is 1. The Morgan fingerprint density at radius 3 is 2.79 bits per heavy atom. The molecule has 1 N–H and O–H groups in total. The topological polar surface area (TPSA) is 63.7 Å². The van der Waals surface area contributed by atoms with Crippen LogP contribution in [0.4, 0.5) is 0 Å². The largest absolute Gasteiger partial charge is 0.455 e. The SMILES string of the molecule is c1ccc2c(c1)Oc1ccc(-c3nn[nH]n3)cc1S2. The highest BCUT2D eigenvalue weighted by Crippen LogP contribution is 2.47. The van der Waals surface area contributed by atoms with Crippen molar-refractivity contribution in [1.29, 1.82) is 0 Å². The van der Waals surface area contributed by atoms with Crippen LogP contribution in [0, 0.1) is 0 Å². The van der Waals surface area contributed by atoms with Crippen molar-refractivity contribution in [3.8, 4) is 22.9 Å². The number of para-hydroxylation sites is 1. The zero-order chi connectivity index (χ0) is 12.7. The smallest absolute Gasteiger partial charge is 0.204 e. The summed E-state index contributed by atoms with van der Waals surface area (Å²) in [7, 11) is 0. The van der Waals surface area contributed by atoms with E-state index >= 15 is 0 Å². The molecule has 3 aromatic rings. The molecule has 0 aliphatic carbocycles. The van der Waals surface area contributed by atoms with Gasteiger partial charge in [-0.2, -0.15) is 5.21 Å². The summed E-state index contributed by atoms with van der Waals surface area (Å²) in [6, 6.07) is 13.9. The van der Waals surface area contributed by atoms with Gasteiger partial charge in [0.2, 0.25) is 5.82 Å². The first kappa shape index (κ1) is 10.6. The zero-order valence-electron chi connectivity index (χ0n) is 9.70. The summed E-state index contributed by atoms with van der Waals surface area (Å²) in [5.41, 5.74) is 0.919. The Labute approximate surface area is 113 Å². The van der Waals surface area contributed by atoms with Crippen LogP contribution in [0.15, 0.2) is 52.3 Å². The van der Waals surface area contributed by atoms with E-state index in [1.807, 2.05) is 42.5 Å². The van der Waals surface area contributed by atoms with Crippen LogP contribution in [0.5, 0.6) is 11.5 Å². The molecule has 5 nitrogen and oxygen atoms in total. The van der Waals surface area contributed by atoms with Crippen molar-refractivity contribution >= 4 is 11.8 Å². The molecule has 1 aliphatic rings. The molecule has 2 heterocycles. The molecule has 92 valence electrons. The van der Waals surface area contributed by atoms with Gasteiger partial charge in [-0.25, -0.2) is 0 Å². The van der Waals surface area contributed by atoms with E-state index in [1.54, 1.807) is 11.8 Å². The molecule has 0 bridgehead atoms. The number of nitrogens with zero attached hydrogens (tertiary/aromatic N) is 3. The van der Waals surface area contributed by atoms with Crippen LogP contribution >= 0.6 is 11.8 Å². The standard InChI is InChI=1S/C13H8N4OS/c1-2-4-11-9(3-1)18-10-6-5-8(7-12(10)19-11)13-14-16-17-15-13/h1-7H,(H,14,15,16,17). The van der Waals surface area contributed by atoms with Gasteiger partial charge in [0.25, 0.3) is 0 Å². The van der Waals surface area contributed by atoms with E-state index in [-0.39, 0.29) is 0 Å². The quantitative estimate of drug-likeness (QED) is 0.574. The summed E-state index contributed by atoms with van der Waals surface area (Å²) in [6.07, 6.45) is 0. The number of H-pyrrole nitrogens is 1. The second-order valence-electron chi connectivity index (χ2n) is 4.05. The molecule has 0 radical (unpaired) electrons. The number of ether oxygens (including phenoxy) is 1. The number of benzene rings is 2. The van der Waals surface area contributed by atoms with Gasteiger partial charge in [0, 0.05) is 5.56 Å². The molecule has 4 rings (SSSR count). The Morgan fingerprint density at radius 2 is 1.89 bits per heavy atom. The third-order valence-corrected chi connectivity index (χ3v) is 3.93. The van der Waals surface area contributed by atoms with Crippen molar-refractivity contribution in [3.05, 3.63) is 42.5 Å². The first-order chi connectivity index (χ1) is 9.40. The van der Waals surface area contributed by atoms with Crippen molar-refractivity contribution in [1.82, 2.24) is 20.6 Å². The minimum Gasteiger partial charge on any atom is -0.455 e. The molecule has 1 aromatic heterocycles. The lowest BCUT2D eigenvalue weighted by atomic mass is 10.2. The average Bonchev–Trinajstić information content (AvgIpc) is 2.98. The predicted molar refractivity (Wildman–Crippen MR) is 70.3 cm³/mol. The molecular formula is C13H8N4OS. The first-order valence-electron chi connectivity index (χ1n) is 5.73. The van der Waals surface area contributed by atoms with Crippen molar-refractivity contribution in [3.63, 3.8) is 0 Å².